The Morgan fingerprint density at radius 1 is 1.14 bits per heavy atom. The van der Waals surface area contributed by atoms with Gasteiger partial charge in [-0.25, -0.2) is 0 Å². The van der Waals surface area contributed by atoms with Gasteiger partial charge < -0.3 is 4.74 Å². The first-order chi connectivity index (χ1) is 13.8. The van der Waals surface area contributed by atoms with Crippen molar-refractivity contribution in [2.24, 2.45) is 0 Å². The Balaban J connectivity index is 1.41. The first-order valence-electron chi connectivity index (χ1n) is 10.1. The van der Waals surface area contributed by atoms with Crippen molar-refractivity contribution in [2.45, 2.75) is 38.6 Å². The minimum atomic E-state index is 0.510. The number of pyridine rings is 1. The van der Waals surface area contributed by atoms with Gasteiger partial charge in [0, 0.05) is 29.9 Å². The lowest BCUT2D eigenvalue weighted by molar-refractivity contribution is 0.201. The van der Waals surface area contributed by atoms with Crippen LogP contribution in [0.4, 0.5) is 0 Å². The summed E-state index contributed by atoms with van der Waals surface area (Å²) in [6, 6.07) is 12.6. The summed E-state index contributed by atoms with van der Waals surface area (Å²) in [4.78, 5) is 7.12. The van der Waals surface area contributed by atoms with Crippen LogP contribution in [0.25, 0.3) is 11.1 Å². The van der Waals surface area contributed by atoms with Crippen LogP contribution in [-0.2, 0) is 13.0 Å². The predicted molar refractivity (Wildman–Crippen MR) is 111 cm³/mol. The Morgan fingerprint density at radius 3 is 2.71 bits per heavy atom. The van der Waals surface area contributed by atoms with Crippen LogP contribution < -0.4 is 4.74 Å². The molecule has 28 heavy (non-hydrogen) atoms. The highest BCUT2D eigenvalue weighted by molar-refractivity contribution is 5.67. The van der Waals surface area contributed by atoms with Gasteiger partial charge in [-0.1, -0.05) is 25.1 Å². The lowest BCUT2D eigenvalue weighted by Gasteiger charge is -2.31. The minimum absolute atomic E-state index is 0.510. The third kappa shape index (κ3) is 4.09. The summed E-state index contributed by atoms with van der Waals surface area (Å²) in [6.07, 6.45) is 7.25. The summed E-state index contributed by atoms with van der Waals surface area (Å²) in [6.45, 7) is 5.26. The van der Waals surface area contributed by atoms with E-state index in [0.717, 1.165) is 55.9 Å². The zero-order chi connectivity index (χ0) is 19.3. The molecule has 1 aliphatic rings. The number of hydrogen-bond acceptors (Lipinski definition) is 4. The fourth-order valence-electron chi connectivity index (χ4n) is 3.99. The zero-order valence-electron chi connectivity index (χ0n) is 16.7. The van der Waals surface area contributed by atoms with E-state index in [1.807, 2.05) is 24.5 Å². The number of hydrogen-bond donors (Lipinski definition) is 1. The molecule has 0 spiro atoms. The van der Waals surface area contributed by atoms with E-state index in [1.54, 1.807) is 7.11 Å². The monoisotopic (exact) mass is 376 g/mol. The molecule has 4 rings (SSSR count). The summed E-state index contributed by atoms with van der Waals surface area (Å²) < 4.78 is 5.38. The van der Waals surface area contributed by atoms with Gasteiger partial charge in [0.1, 0.15) is 5.75 Å². The van der Waals surface area contributed by atoms with Gasteiger partial charge >= 0.3 is 0 Å². The van der Waals surface area contributed by atoms with Gasteiger partial charge in [0.15, 0.2) is 0 Å². The maximum atomic E-state index is 5.38. The van der Waals surface area contributed by atoms with Crippen LogP contribution in [0.1, 0.15) is 42.6 Å². The van der Waals surface area contributed by atoms with Gasteiger partial charge in [-0.05, 0) is 61.7 Å². The normalized spacial score (nSPS) is 15.6. The molecular weight excluding hydrogens is 348 g/mol. The summed E-state index contributed by atoms with van der Waals surface area (Å²) in [7, 11) is 1.70. The molecule has 5 nitrogen and oxygen atoms in total. The van der Waals surface area contributed by atoms with Crippen molar-refractivity contribution in [3.8, 4) is 16.9 Å². The number of ether oxygens (including phenoxy) is 1. The van der Waals surface area contributed by atoms with Crippen LogP contribution in [-0.4, -0.2) is 40.3 Å². The molecule has 0 radical (unpaired) electrons. The molecule has 2 aromatic heterocycles. The topological polar surface area (TPSA) is 54.0 Å². The highest BCUT2D eigenvalue weighted by Crippen LogP contribution is 2.35. The second-order valence-electron chi connectivity index (χ2n) is 7.49. The van der Waals surface area contributed by atoms with E-state index in [4.69, 9.17) is 4.74 Å². The first kappa shape index (κ1) is 18.7. The minimum Gasteiger partial charge on any atom is -0.497 e. The number of likely N-dealkylation sites (tertiary alicyclic amines) is 1. The van der Waals surface area contributed by atoms with Crippen molar-refractivity contribution in [1.29, 1.82) is 0 Å². The third-order valence-corrected chi connectivity index (χ3v) is 5.73. The van der Waals surface area contributed by atoms with Crippen molar-refractivity contribution < 1.29 is 4.74 Å². The Morgan fingerprint density at radius 2 is 2.00 bits per heavy atom. The van der Waals surface area contributed by atoms with Gasteiger partial charge in [0.25, 0.3) is 0 Å². The molecule has 5 heteroatoms. The summed E-state index contributed by atoms with van der Waals surface area (Å²) in [5.41, 5.74) is 6.05. The largest absolute Gasteiger partial charge is 0.497 e. The van der Waals surface area contributed by atoms with Crippen molar-refractivity contribution in [2.75, 3.05) is 20.2 Å². The quantitative estimate of drug-likeness (QED) is 0.692. The molecule has 146 valence electrons. The number of piperidine rings is 1. The smallest absolute Gasteiger partial charge is 0.119 e. The maximum absolute atomic E-state index is 5.38. The second-order valence-corrected chi connectivity index (χ2v) is 7.49. The van der Waals surface area contributed by atoms with Crippen LogP contribution in [0.2, 0.25) is 0 Å². The van der Waals surface area contributed by atoms with Gasteiger partial charge in [0.05, 0.1) is 19.0 Å². The van der Waals surface area contributed by atoms with E-state index >= 15 is 0 Å². The number of methoxy groups -OCH3 is 1. The van der Waals surface area contributed by atoms with Crippen LogP contribution in [0.3, 0.4) is 0 Å². The fourth-order valence-corrected chi connectivity index (χ4v) is 3.99. The van der Waals surface area contributed by atoms with Crippen LogP contribution in [0.5, 0.6) is 5.75 Å². The van der Waals surface area contributed by atoms with E-state index < -0.39 is 0 Å². The standard InChI is InChI=1S/C23H28N4O/c1-3-17-7-8-20(24-14-17)16-27-11-9-18(10-12-27)23-22(15-25-26-23)19-5-4-6-21(13-19)28-2/h4-8,13-15,18H,3,9-12,16H2,1-2H3,(H,25,26). The Kier molecular flexibility index (Phi) is 5.72. The number of H-pyrrole nitrogens is 1. The Hall–Kier alpha value is -2.66. The van der Waals surface area contributed by atoms with Crippen molar-refractivity contribution >= 4 is 0 Å². The first-order valence-corrected chi connectivity index (χ1v) is 10.1. The molecular formula is C23H28N4O. The Bertz CT molecular complexity index is 895. The van der Waals surface area contributed by atoms with Gasteiger partial charge in [-0.15, -0.1) is 0 Å². The number of nitrogens with one attached hydrogen (secondary N) is 1. The van der Waals surface area contributed by atoms with Crippen molar-refractivity contribution in [3.05, 3.63) is 65.7 Å². The zero-order valence-corrected chi connectivity index (χ0v) is 16.7. The van der Waals surface area contributed by atoms with E-state index in [2.05, 4.69) is 51.3 Å². The molecule has 1 saturated heterocycles. The lowest BCUT2D eigenvalue weighted by Crippen LogP contribution is -2.33. The van der Waals surface area contributed by atoms with Crippen LogP contribution in [0, 0.1) is 0 Å². The Labute approximate surface area is 166 Å². The highest BCUT2D eigenvalue weighted by atomic mass is 16.5. The van der Waals surface area contributed by atoms with E-state index in [1.165, 1.54) is 16.8 Å². The van der Waals surface area contributed by atoms with Gasteiger partial charge in [-0.3, -0.25) is 15.0 Å². The molecule has 3 heterocycles. The molecule has 1 aromatic carbocycles. The number of nitrogens with zero attached hydrogens (tertiary/aromatic N) is 3. The highest BCUT2D eigenvalue weighted by Gasteiger charge is 2.24. The number of aromatic nitrogens is 3. The van der Waals surface area contributed by atoms with Crippen LogP contribution >= 0.6 is 0 Å². The van der Waals surface area contributed by atoms with Crippen molar-refractivity contribution in [1.82, 2.24) is 20.1 Å². The predicted octanol–water partition coefficient (Wildman–Crippen LogP) is 4.42. The fraction of sp³-hybridized carbons (Fsp3) is 0.391. The molecule has 1 aliphatic heterocycles. The maximum Gasteiger partial charge on any atom is 0.119 e. The molecule has 0 unspecified atom stereocenters. The summed E-state index contributed by atoms with van der Waals surface area (Å²) in [5.74, 6) is 1.39. The number of aryl methyl sites for hydroxylation is 1. The number of rotatable bonds is 6. The van der Waals surface area contributed by atoms with Crippen molar-refractivity contribution in [3.63, 3.8) is 0 Å². The average Bonchev–Trinajstić information content (AvgIpc) is 3.25. The molecule has 1 N–H and O–H groups in total. The molecule has 0 atom stereocenters. The lowest BCUT2D eigenvalue weighted by atomic mass is 9.89. The molecule has 0 amide bonds. The molecule has 1 fully saturated rings. The second kappa shape index (κ2) is 8.57. The third-order valence-electron chi connectivity index (χ3n) is 5.73. The van der Waals surface area contributed by atoms with E-state index in [0.29, 0.717) is 5.92 Å². The molecule has 0 bridgehead atoms. The van der Waals surface area contributed by atoms with Crippen LogP contribution in [0.15, 0.2) is 48.8 Å². The van der Waals surface area contributed by atoms with Gasteiger partial charge in [0.2, 0.25) is 0 Å². The molecule has 0 aliphatic carbocycles. The number of benzene rings is 1. The summed E-state index contributed by atoms with van der Waals surface area (Å²) in [5, 5.41) is 7.61. The SMILES string of the molecule is CCc1ccc(CN2CCC(c3[nH]ncc3-c3cccc(OC)c3)CC2)nc1. The molecule has 0 saturated carbocycles. The number of aromatic amines is 1. The van der Waals surface area contributed by atoms with E-state index in [9.17, 15) is 0 Å². The van der Waals surface area contributed by atoms with Gasteiger partial charge in [-0.2, -0.15) is 5.10 Å². The summed E-state index contributed by atoms with van der Waals surface area (Å²) >= 11 is 0. The van der Waals surface area contributed by atoms with E-state index in [-0.39, 0.29) is 0 Å². The molecule has 3 aromatic rings. The average molecular weight is 377 g/mol.